The van der Waals surface area contributed by atoms with Crippen molar-refractivity contribution in [1.29, 1.82) is 0 Å². The molecule has 1 unspecified atom stereocenters. The molecule has 3 heteroatoms. The first-order chi connectivity index (χ1) is 7.19. The van der Waals surface area contributed by atoms with Gasteiger partial charge >= 0.3 is 0 Å². The fourth-order valence-electron chi connectivity index (χ4n) is 1.81. The molecule has 0 bridgehead atoms. The highest BCUT2D eigenvalue weighted by molar-refractivity contribution is 5.77. The predicted octanol–water partition coefficient (Wildman–Crippen LogP) is 1.63. The van der Waals surface area contributed by atoms with Crippen molar-refractivity contribution < 1.29 is 4.79 Å². The van der Waals surface area contributed by atoms with Crippen LogP contribution in [-0.2, 0) is 4.79 Å². The van der Waals surface area contributed by atoms with Gasteiger partial charge < -0.3 is 10.2 Å². The summed E-state index contributed by atoms with van der Waals surface area (Å²) in [5.74, 6) is 0.864. The lowest BCUT2D eigenvalue weighted by Gasteiger charge is -2.38. The van der Waals surface area contributed by atoms with Crippen LogP contribution in [0.5, 0.6) is 0 Å². The third kappa shape index (κ3) is 3.49. The highest BCUT2D eigenvalue weighted by Crippen LogP contribution is 2.13. The number of nitrogens with one attached hydrogen (secondary N) is 1. The Morgan fingerprint density at radius 1 is 1.47 bits per heavy atom. The molecule has 1 fully saturated rings. The average Bonchev–Trinajstić information content (AvgIpc) is 2.14. The van der Waals surface area contributed by atoms with Gasteiger partial charge in [-0.1, -0.05) is 27.2 Å². The van der Waals surface area contributed by atoms with E-state index < -0.39 is 0 Å². The molecular weight excluding hydrogens is 188 g/mol. The van der Waals surface area contributed by atoms with Crippen LogP contribution >= 0.6 is 0 Å². The van der Waals surface area contributed by atoms with Gasteiger partial charge in [-0.2, -0.15) is 0 Å². The summed E-state index contributed by atoms with van der Waals surface area (Å²) in [4.78, 5) is 14.1. The Balaban J connectivity index is 2.43. The number of hydrogen-bond acceptors (Lipinski definition) is 2. The van der Waals surface area contributed by atoms with Crippen LogP contribution in [0, 0.1) is 5.92 Å². The van der Waals surface area contributed by atoms with Gasteiger partial charge in [-0.3, -0.25) is 4.79 Å². The minimum absolute atomic E-state index is 0.345. The van der Waals surface area contributed by atoms with Crippen molar-refractivity contribution in [3.05, 3.63) is 0 Å². The van der Waals surface area contributed by atoms with Gasteiger partial charge in [-0.15, -0.1) is 0 Å². The lowest BCUT2D eigenvalue weighted by atomic mass is 10.0. The molecule has 1 heterocycles. The first-order valence-electron chi connectivity index (χ1n) is 6.19. The van der Waals surface area contributed by atoms with Crippen molar-refractivity contribution >= 4 is 5.91 Å². The zero-order valence-electron chi connectivity index (χ0n) is 10.3. The van der Waals surface area contributed by atoms with Crippen molar-refractivity contribution in [2.24, 2.45) is 5.92 Å². The second kappa shape index (κ2) is 6.11. The van der Waals surface area contributed by atoms with E-state index in [0.29, 0.717) is 24.3 Å². The fraction of sp³-hybridized carbons (Fsp3) is 0.917. The smallest absolute Gasteiger partial charge is 0.223 e. The zero-order chi connectivity index (χ0) is 11.3. The molecule has 0 aromatic heterocycles. The summed E-state index contributed by atoms with van der Waals surface area (Å²) in [6.45, 7) is 9.31. The highest BCUT2D eigenvalue weighted by Gasteiger charge is 2.27. The van der Waals surface area contributed by atoms with Crippen molar-refractivity contribution in [2.75, 3.05) is 19.6 Å². The molecular formula is C12H24N2O. The van der Waals surface area contributed by atoms with Crippen LogP contribution in [0.25, 0.3) is 0 Å². The van der Waals surface area contributed by atoms with Crippen molar-refractivity contribution in [3.63, 3.8) is 0 Å². The Bertz CT molecular complexity index is 202. The lowest BCUT2D eigenvalue weighted by Crippen LogP contribution is -2.59. The predicted molar refractivity (Wildman–Crippen MR) is 62.7 cm³/mol. The van der Waals surface area contributed by atoms with E-state index in [1.54, 1.807) is 0 Å². The van der Waals surface area contributed by atoms with Gasteiger partial charge in [0.15, 0.2) is 0 Å². The molecule has 0 spiro atoms. The van der Waals surface area contributed by atoms with E-state index in [2.05, 4.69) is 31.0 Å². The standard InChI is InChI=1S/C12H24N2O/c1-4-6-14(11-8-13-9-11)12(15)7-10(3)5-2/h10-11,13H,4-9H2,1-3H3. The van der Waals surface area contributed by atoms with Crippen molar-refractivity contribution in [1.82, 2.24) is 10.2 Å². The van der Waals surface area contributed by atoms with Crippen LogP contribution in [0.1, 0.15) is 40.0 Å². The van der Waals surface area contributed by atoms with Gasteiger partial charge in [0.1, 0.15) is 0 Å². The molecule has 0 radical (unpaired) electrons. The molecule has 1 N–H and O–H groups in total. The summed E-state index contributed by atoms with van der Waals surface area (Å²) in [5.41, 5.74) is 0. The Kier molecular flexibility index (Phi) is 5.09. The van der Waals surface area contributed by atoms with Crippen molar-refractivity contribution in [3.8, 4) is 0 Å². The minimum Gasteiger partial charge on any atom is -0.337 e. The Morgan fingerprint density at radius 3 is 2.53 bits per heavy atom. The van der Waals surface area contributed by atoms with Crippen LogP contribution in [0.3, 0.4) is 0 Å². The van der Waals surface area contributed by atoms with E-state index in [1.165, 1.54) is 0 Å². The molecule has 1 atom stereocenters. The number of carbonyl (C=O) groups excluding carboxylic acids is 1. The molecule has 1 amide bonds. The third-order valence-corrected chi connectivity index (χ3v) is 3.21. The topological polar surface area (TPSA) is 32.3 Å². The monoisotopic (exact) mass is 212 g/mol. The third-order valence-electron chi connectivity index (χ3n) is 3.21. The molecule has 88 valence electrons. The van der Waals surface area contributed by atoms with Gasteiger partial charge in [0.25, 0.3) is 0 Å². The summed E-state index contributed by atoms with van der Waals surface area (Å²) in [5, 5.41) is 3.23. The Morgan fingerprint density at radius 2 is 2.13 bits per heavy atom. The first kappa shape index (κ1) is 12.5. The lowest BCUT2D eigenvalue weighted by molar-refractivity contribution is -0.135. The van der Waals surface area contributed by atoms with E-state index in [1.807, 2.05) is 0 Å². The van der Waals surface area contributed by atoms with E-state index in [-0.39, 0.29) is 0 Å². The summed E-state index contributed by atoms with van der Waals surface area (Å²) in [7, 11) is 0. The van der Waals surface area contributed by atoms with E-state index >= 15 is 0 Å². The molecule has 1 rings (SSSR count). The van der Waals surface area contributed by atoms with E-state index in [4.69, 9.17) is 0 Å². The molecule has 3 nitrogen and oxygen atoms in total. The summed E-state index contributed by atoms with van der Waals surface area (Å²) < 4.78 is 0. The molecule has 0 aliphatic carbocycles. The summed E-state index contributed by atoms with van der Waals surface area (Å²) >= 11 is 0. The van der Waals surface area contributed by atoms with Crippen LogP contribution in [-0.4, -0.2) is 36.5 Å². The second-order valence-electron chi connectivity index (χ2n) is 4.62. The van der Waals surface area contributed by atoms with E-state index in [9.17, 15) is 4.79 Å². The largest absolute Gasteiger partial charge is 0.337 e. The second-order valence-corrected chi connectivity index (χ2v) is 4.62. The maximum atomic E-state index is 12.0. The van der Waals surface area contributed by atoms with E-state index in [0.717, 1.165) is 32.5 Å². The maximum Gasteiger partial charge on any atom is 0.223 e. The first-order valence-corrected chi connectivity index (χ1v) is 6.19. The van der Waals surface area contributed by atoms with Gasteiger partial charge in [-0.25, -0.2) is 0 Å². The summed E-state index contributed by atoms with van der Waals surface area (Å²) in [6.07, 6.45) is 2.87. The molecule has 1 aliphatic heterocycles. The Labute approximate surface area is 93.2 Å². The number of amides is 1. The number of rotatable bonds is 6. The van der Waals surface area contributed by atoms with Crippen LogP contribution in [0.2, 0.25) is 0 Å². The SMILES string of the molecule is CCCN(C(=O)CC(C)CC)C1CNC1. The van der Waals surface area contributed by atoms with Gasteiger partial charge in [0.05, 0.1) is 6.04 Å². The molecule has 1 saturated heterocycles. The van der Waals surface area contributed by atoms with Crippen molar-refractivity contribution in [2.45, 2.75) is 46.1 Å². The molecule has 0 aromatic carbocycles. The van der Waals surface area contributed by atoms with Gasteiger partial charge in [0.2, 0.25) is 5.91 Å². The Hall–Kier alpha value is -0.570. The summed E-state index contributed by atoms with van der Waals surface area (Å²) in [6, 6.07) is 0.460. The van der Waals surface area contributed by atoms with Crippen LogP contribution in [0.4, 0.5) is 0 Å². The number of carbonyl (C=O) groups is 1. The van der Waals surface area contributed by atoms with Crippen LogP contribution < -0.4 is 5.32 Å². The zero-order valence-corrected chi connectivity index (χ0v) is 10.3. The average molecular weight is 212 g/mol. The fourth-order valence-corrected chi connectivity index (χ4v) is 1.81. The molecule has 1 aliphatic rings. The van der Waals surface area contributed by atoms with Crippen LogP contribution in [0.15, 0.2) is 0 Å². The maximum absolute atomic E-state index is 12.0. The molecule has 0 saturated carbocycles. The van der Waals surface area contributed by atoms with Gasteiger partial charge in [-0.05, 0) is 12.3 Å². The molecule has 15 heavy (non-hydrogen) atoms. The number of hydrogen-bond donors (Lipinski definition) is 1. The minimum atomic E-state index is 0.345. The van der Waals surface area contributed by atoms with Gasteiger partial charge in [0, 0.05) is 26.1 Å². The molecule has 0 aromatic rings. The quantitative estimate of drug-likeness (QED) is 0.726. The highest BCUT2D eigenvalue weighted by atomic mass is 16.2. The number of nitrogens with zero attached hydrogens (tertiary/aromatic N) is 1. The normalized spacial score (nSPS) is 18.3.